The predicted molar refractivity (Wildman–Crippen MR) is 94.3 cm³/mol. The quantitative estimate of drug-likeness (QED) is 0.314. The molecular formula is C16H25N3O5S. The number of nitrogens with zero attached hydrogens (tertiary/aromatic N) is 1. The van der Waals surface area contributed by atoms with Crippen LogP contribution in [0.5, 0.6) is 5.75 Å². The monoisotopic (exact) mass is 371 g/mol. The number of nitro benzene ring substituents is 1. The highest BCUT2D eigenvalue weighted by molar-refractivity contribution is 7.89. The largest absolute Gasteiger partial charge is 0.495 e. The van der Waals surface area contributed by atoms with Crippen molar-refractivity contribution in [1.29, 1.82) is 0 Å². The zero-order valence-corrected chi connectivity index (χ0v) is 15.2. The summed E-state index contributed by atoms with van der Waals surface area (Å²) in [5.74, 6) is -0.0431. The maximum absolute atomic E-state index is 12.4. The second-order valence-corrected chi connectivity index (χ2v) is 7.87. The van der Waals surface area contributed by atoms with E-state index in [1.54, 1.807) is 0 Å². The molecule has 0 amide bonds. The summed E-state index contributed by atoms with van der Waals surface area (Å²) in [6.07, 6.45) is 7.22. The van der Waals surface area contributed by atoms with Crippen molar-refractivity contribution in [3.8, 4) is 5.75 Å². The highest BCUT2D eigenvalue weighted by Gasteiger charge is 2.22. The van der Waals surface area contributed by atoms with Gasteiger partial charge in [0.25, 0.3) is 5.69 Å². The average Bonchev–Trinajstić information content (AvgIpc) is 2.87. The lowest BCUT2D eigenvalue weighted by Gasteiger charge is -2.16. The first-order valence-corrected chi connectivity index (χ1v) is 9.98. The SMILES string of the molecule is COc1cc([N+](=O)[O-])ccc1S(=O)(=O)NCCNC1CCCCCC1. The molecule has 1 fully saturated rings. The molecule has 2 N–H and O–H groups in total. The minimum Gasteiger partial charge on any atom is -0.495 e. The van der Waals surface area contributed by atoms with Crippen LogP contribution >= 0.6 is 0 Å². The van der Waals surface area contributed by atoms with Gasteiger partial charge < -0.3 is 10.1 Å². The number of ether oxygens (including phenoxy) is 1. The van der Waals surface area contributed by atoms with E-state index in [9.17, 15) is 18.5 Å². The zero-order valence-electron chi connectivity index (χ0n) is 14.4. The van der Waals surface area contributed by atoms with Crippen molar-refractivity contribution in [2.24, 2.45) is 0 Å². The first kappa shape index (κ1) is 19.6. The number of hydrogen-bond acceptors (Lipinski definition) is 6. The lowest BCUT2D eigenvalue weighted by Crippen LogP contribution is -2.36. The average molecular weight is 371 g/mol. The van der Waals surface area contributed by atoms with Crippen molar-refractivity contribution in [1.82, 2.24) is 10.0 Å². The topological polar surface area (TPSA) is 111 Å². The van der Waals surface area contributed by atoms with E-state index in [1.807, 2.05) is 0 Å². The van der Waals surface area contributed by atoms with E-state index in [2.05, 4.69) is 10.0 Å². The number of hydrogen-bond donors (Lipinski definition) is 2. The molecule has 1 aliphatic rings. The standard InChI is InChI=1S/C16H25N3O5S/c1-24-15-12-14(19(20)21)8-9-16(15)25(22,23)18-11-10-17-13-6-4-2-3-5-7-13/h8-9,12-13,17-18H,2-7,10-11H2,1H3. The number of nitrogens with one attached hydrogen (secondary N) is 2. The summed E-state index contributed by atoms with van der Waals surface area (Å²) in [6.45, 7) is 0.790. The van der Waals surface area contributed by atoms with Gasteiger partial charge in [-0.1, -0.05) is 25.7 Å². The molecule has 0 radical (unpaired) electrons. The zero-order chi connectivity index (χ0) is 18.3. The molecule has 1 aromatic carbocycles. The van der Waals surface area contributed by atoms with E-state index in [4.69, 9.17) is 4.74 Å². The van der Waals surface area contributed by atoms with Gasteiger partial charge in [-0.15, -0.1) is 0 Å². The molecular weight excluding hydrogens is 346 g/mol. The van der Waals surface area contributed by atoms with Gasteiger partial charge in [-0.05, 0) is 18.9 Å². The van der Waals surface area contributed by atoms with E-state index in [-0.39, 0.29) is 22.9 Å². The first-order valence-electron chi connectivity index (χ1n) is 8.49. The molecule has 0 atom stereocenters. The van der Waals surface area contributed by atoms with Gasteiger partial charge in [0.05, 0.1) is 18.1 Å². The number of rotatable bonds is 8. The third-order valence-electron chi connectivity index (χ3n) is 4.35. The number of sulfonamides is 1. The van der Waals surface area contributed by atoms with Crippen LogP contribution in [0.1, 0.15) is 38.5 Å². The molecule has 8 nitrogen and oxygen atoms in total. The summed E-state index contributed by atoms with van der Waals surface area (Å²) < 4.78 is 32.3. The molecule has 0 aliphatic heterocycles. The fourth-order valence-corrected chi connectivity index (χ4v) is 4.20. The van der Waals surface area contributed by atoms with E-state index in [0.717, 1.165) is 25.0 Å². The van der Waals surface area contributed by atoms with Crippen LogP contribution in [0.15, 0.2) is 23.1 Å². The molecule has 0 spiro atoms. The van der Waals surface area contributed by atoms with Crippen molar-refractivity contribution in [3.63, 3.8) is 0 Å². The minimum absolute atomic E-state index is 0.0431. The fraction of sp³-hybridized carbons (Fsp3) is 0.625. The molecule has 1 aromatic rings. The Labute approximate surface area is 148 Å². The maximum Gasteiger partial charge on any atom is 0.273 e. The van der Waals surface area contributed by atoms with Crippen LogP contribution in [0.2, 0.25) is 0 Å². The van der Waals surface area contributed by atoms with Crippen LogP contribution in [0.25, 0.3) is 0 Å². The van der Waals surface area contributed by atoms with Gasteiger partial charge in [-0.2, -0.15) is 0 Å². The van der Waals surface area contributed by atoms with Gasteiger partial charge >= 0.3 is 0 Å². The van der Waals surface area contributed by atoms with Gasteiger partial charge in [0.15, 0.2) is 0 Å². The molecule has 140 valence electrons. The van der Waals surface area contributed by atoms with E-state index in [0.29, 0.717) is 12.6 Å². The second kappa shape index (κ2) is 9.12. The highest BCUT2D eigenvalue weighted by Crippen LogP contribution is 2.28. The van der Waals surface area contributed by atoms with Crippen molar-refractivity contribution < 1.29 is 18.1 Å². The van der Waals surface area contributed by atoms with Gasteiger partial charge in [0.2, 0.25) is 10.0 Å². The molecule has 0 aromatic heterocycles. The van der Waals surface area contributed by atoms with E-state index in [1.165, 1.54) is 38.9 Å². The Kier molecular flexibility index (Phi) is 7.15. The van der Waals surface area contributed by atoms with Crippen LogP contribution < -0.4 is 14.8 Å². The van der Waals surface area contributed by atoms with Gasteiger partial charge in [-0.25, -0.2) is 13.1 Å². The Morgan fingerprint density at radius 3 is 2.48 bits per heavy atom. The number of methoxy groups -OCH3 is 1. The van der Waals surface area contributed by atoms with Crippen LogP contribution in [-0.2, 0) is 10.0 Å². The van der Waals surface area contributed by atoms with Crippen LogP contribution in [0, 0.1) is 10.1 Å². The molecule has 2 rings (SSSR count). The Morgan fingerprint density at radius 1 is 1.20 bits per heavy atom. The third-order valence-corrected chi connectivity index (χ3v) is 5.85. The summed E-state index contributed by atoms with van der Waals surface area (Å²) in [5, 5.41) is 14.2. The maximum atomic E-state index is 12.4. The number of non-ortho nitro benzene ring substituents is 1. The Morgan fingerprint density at radius 2 is 1.88 bits per heavy atom. The molecule has 9 heteroatoms. The summed E-state index contributed by atoms with van der Waals surface area (Å²) in [7, 11) is -2.51. The molecule has 0 saturated heterocycles. The van der Waals surface area contributed by atoms with Gasteiger partial charge in [0.1, 0.15) is 10.6 Å². The van der Waals surface area contributed by atoms with Crippen molar-refractivity contribution in [3.05, 3.63) is 28.3 Å². The normalized spacial score (nSPS) is 16.4. The Bertz CT molecular complexity index is 685. The van der Waals surface area contributed by atoms with Crippen molar-refractivity contribution in [2.75, 3.05) is 20.2 Å². The first-order chi connectivity index (χ1) is 11.9. The number of nitro groups is 1. The second-order valence-electron chi connectivity index (χ2n) is 6.13. The Balaban J connectivity index is 1.93. The van der Waals surface area contributed by atoms with Crippen molar-refractivity contribution in [2.45, 2.75) is 49.5 Å². The summed E-state index contributed by atoms with van der Waals surface area (Å²) in [6, 6.07) is 3.90. The van der Waals surface area contributed by atoms with Gasteiger partial charge in [0, 0.05) is 25.2 Å². The molecule has 1 saturated carbocycles. The molecule has 0 bridgehead atoms. The van der Waals surface area contributed by atoms with E-state index >= 15 is 0 Å². The molecule has 0 unspecified atom stereocenters. The minimum atomic E-state index is -3.79. The predicted octanol–water partition coefficient (Wildman–Crippen LogP) is 2.19. The number of benzene rings is 1. The summed E-state index contributed by atoms with van der Waals surface area (Å²) in [4.78, 5) is 10.1. The lowest BCUT2D eigenvalue weighted by atomic mass is 10.1. The van der Waals surface area contributed by atoms with Crippen molar-refractivity contribution >= 4 is 15.7 Å². The third kappa shape index (κ3) is 5.65. The summed E-state index contributed by atoms with van der Waals surface area (Å²) in [5.41, 5.74) is -0.217. The van der Waals surface area contributed by atoms with Gasteiger partial charge in [-0.3, -0.25) is 10.1 Å². The fourth-order valence-electron chi connectivity index (χ4n) is 3.01. The molecule has 0 heterocycles. The lowest BCUT2D eigenvalue weighted by molar-refractivity contribution is -0.385. The van der Waals surface area contributed by atoms with Crippen LogP contribution in [0.3, 0.4) is 0 Å². The van der Waals surface area contributed by atoms with E-state index < -0.39 is 14.9 Å². The molecule has 1 aliphatic carbocycles. The highest BCUT2D eigenvalue weighted by atomic mass is 32.2. The van der Waals surface area contributed by atoms with Crippen LogP contribution in [-0.4, -0.2) is 39.6 Å². The Hall–Kier alpha value is -1.71. The smallest absolute Gasteiger partial charge is 0.273 e. The van der Waals surface area contributed by atoms with Crippen LogP contribution in [0.4, 0.5) is 5.69 Å². The molecule has 25 heavy (non-hydrogen) atoms. The summed E-state index contributed by atoms with van der Waals surface area (Å²) >= 11 is 0.